The highest BCUT2D eigenvalue weighted by molar-refractivity contribution is 7.80. The van der Waals surface area contributed by atoms with Crippen LogP contribution in [0.2, 0.25) is 0 Å². The van der Waals surface area contributed by atoms with E-state index in [0.29, 0.717) is 0 Å². The Morgan fingerprint density at radius 1 is 0.600 bits per heavy atom. The molecule has 0 aliphatic heterocycles. The summed E-state index contributed by atoms with van der Waals surface area (Å²) in [6, 6.07) is 6.82. The van der Waals surface area contributed by atoms with Crippen molar-refractivity contribution in [3.05, 3.63) is 34.9 Å². The van der Waals surface area contributed by atoms with Gasteiger partial charge in [-0.05, 0) is 53.2 Å². The van der Waals surface area contributed by atoms with Crippen molar-refractivity contribution < 1.29 is 0 Å². The Labute approximate surface area is 109 Å². The molecular weight excluding hydrogens is 240 g/mol. The predicted octanol–water partition coefficient (Wildman–Crippen LogP) is 3.10. The van der Waals surface area contributed by atoms with Crippen LogP contribution in [-0.2, 0) is 19.3 Å². The van der Waals surface area contributed by atoms with Crippen LogP contribution in [0.5, 0.6) is 0 Å². The predicted molar refractivity (Wildman–Crippen MR) is 79.1 cm³/mol. The van der Waals surface area contributed by atoms with Gasteiger partial charge in [-0.2, -0.15) is 37.9 Å². The first-order chi connectivity index (χ1) is 7.30. The molecular formula is C12H18S3. The van der Waals surface area contributed by atoms with Gasteiger partial charge in [0.1, 0.15) is 0 Å². The van der Waals surface area contributed by atoms with Gasteiger partial charge >= 0.3 is 0 Å². The number of thiol groups is 3. The second-order valence-corrected chi connectivity index (χ2v) is 4.92. The van der Waals surface area contributed by atoms with Gasteiger partial charge in [0.25, 0.3) is 0 Å². The van der Waals surface area contributed by atoms with Gasteiger partial charge in [0.05, 0.1) is 0 Å². The molecule has 0 amide bonds. The number of hydrogen-bond acceptors (Lipinski definition) is 3. The Kier molecular flexibility index (Phi) is 6.69. The van der Waals surface area contributed by atoms with Crippen molar-refractivity contribution in [3.8, 4) is 0 Å². The Bertz CT molecular complexity index is 237. The standard InChI is InChI=1S/C12H18S3/c13-4-1-10-7-11(2-5-14)9-12(8-10)3-6-15/h7-9,13-15H,1-6H2. The molecule has 0 aliphatic carbocycles. The molecule has 0 bridgehead atoms. The lowest BCUT2D eigenvalue weighted by Crippen LogP contribution is -1.96. The topological polar surface area (TPSA) is 0 Å². The van der Waals surface area contributed by atoms with Crippen LogP contribution >= 0.6 is 37.9 Å². The fourth-order valence-electron chi connectivity index (χ4n) is 1.66. The minimum absolute atomic E-state index is 0.907. The first-order valence-corrected chi connectivity index (χ1v) is 7.14. The molecule has 1 rings (SSSR count). The van der Waals surface area contributed by atoms with Gasteiger partial charge in [0.15, 0.2) is 0 Å². The number of benzene rings is 1. The zero-order chi connectivity index (χ0) is 11.1. The monoisotopic (exact) mass is 258 g/mol. The van der Waals surface area contributed by atoms with Crippen molar-refractivity contribution >= 4 is 37.9 Å². The Morgan fingerprint density at radius 3 is 1.07 bits per heavy atom. The average molecular weight is 258 g/mol. The Balaban J connectivity index is 2.86. The van der Waals surface area contributed by atoms with Crippen LogP contribution in [0.4, 0.5) is 0 Å². The van der Waals surface area contributed by atoms with E-state index in [4.69, 9.17) is 0 Å². The third-order valence-corrected chi connectivity index (χ3v) is 2.98. The molecule has 1 aromatic carbocycles. The first-order valence-electron chi connectivity index (χ1n) is 5.24. The van der Waals surface area contributed by atoms with Crippen molar-refractivity contribution in [1.82, 2.24) is 0 Å². The summed E-state index contributed by atoms with van der Waals surface area (Å²) in [5, 5.41) is 0. The Morgan fingerprint density at radius 2 is 0.867 bits per heavy atom. The molecule has 0 nitrogen and oxygen atoms in total. The van der Waals surface area contributed by atoms with E-state index in [9.17, 15) is 0 Å². The Hall–Kier alpha value is 0.270. The van der Waals surface area contributed by atoms with Gasteiger partial charge < -0.3 is 0 Å². The van der Waals surface area contributed by atoms with Gasteiger partial charge in [-0.3, -0.25) is 0 Å². The quantitative estimate of drug-likeness (QED) is 0.642. The van der Waals surface area contributed by atoms with Gasteiger partial charge in [0, 0.05) is 0 Å². The summed E-state index contributed by atoms with van der Waals surface area (Å²) in [6.07, 6.45) is 3.13. The second kappa shape index (κ2) is 7.53. The molecule has 0 fully saturated rings. The molecule has 0 atom stereocenters. The van der Waals surface area contributed by atoms with Crippen LogP contribution in [0, 0.1) is 0 Å². The molecule has 0 aromatic heterocycles. The van der Waals surface area contributed by atoms with Crippen molar-refractivity contribution in [2.24, 2.45) is 0 Å². The van der Waals surface area contributed by atoms with E-state index in [-0.39, 0.29) is 0 Å². The number of hydrogen-bond donors (Lipinski definition) is 3. The van der Waals surface area contributed by atoms with Crippen molar-refractivity contribution in [2.75, 3.05) is 17.3 Å². The van der Waals surface area contributed by atoms with Gasteiger partial charge in [-0.25, -0.2) is 0 Å². The minimum Gasteiger partial charge on any atom is -0.179 e. The molecule has 3 heteroatoms. The van der Waals surface area contributed by atoms with E-state index in [1.807, 2.05) is 0 Å². The summed E-state index contributed by atoms with van der Waals surface area (Å²) < 4.78 is 0. The fourth-order valence-corrected chi connectivity index (χ4v) is 2.43. The highest BCUT2D eigenvalue weighted by atomic mass is 32.1. The van der Waals surface area contributed by atoms with E-state index >= 15 is 0 Å². The van der Waals surface area contributed by atoms with E-state index in [1.54, 1.807) is 0 Å². The third-order valence-electron chi connectivity index (χ3n) is 2.31. The van der Waals surface area contributed by atoms with Crippen LogP contribution in [0.1, 0.15) is 16.7 Å². The van der Waals surface area contributed by atoms with E-state index in [2.05, 4.69) is 56.1 Å². The molecule has 84 valence electrons. The molecule has 0 spiro atoms. The molecule has 15 heavy (non-hydrogen) atoms. The minimum atomic E-state index is 0.907. The van der Waals surface area contributed by atoms with Crippen LogP contribution in [-0.4, -0.2) is 17.3 Å². The molecule has 0 unspecified atom stereocenters. The van der Waals surface area contributed by atoms with E-state index < -0.39 is 0 Å². The van der Waals surface area contributed by atoms with E-state index in [0.717, 1.165) is 36.5 Å². The van der Waals surface area contributed by atoms with Crippen LogP contribution in [0.25, 0.3) is 0 Å². The normalized spacial score (nSPS) is 10.6. The largest absolute Gasteiger partial charge is 0.179 e. The zero-order valence-corrected chi connectivity index (χ0v) is 11.5. The van der Waals surface area contributed by atoms with Gasteiger partial charge in [-0.1, -0.05) is 18.2 Å². The number of aryl methyl sites for hydroxylation is 3. The summed E-state index contributed by atoms with van der Waals surface area (Å²) in [7, 11) is 0. The second-order valence-electron chi connectivity index (χ2n) is 3.58. The molecule has 0 saturated carbocycles. The summed E-state index contributed by atoms with van der Waals surface area (Å²) in [4.78, 5) is 0. The molecule has 0 radical (unpaired) electrons. The summed E-state index contributed by atoms with van der Waals surface area (Å²) >= 11 is 12.8. The highest BCUT2D eigenvalue weighted by Crippen LogP contribution is 2.14. The highest BCUT2D eigenvalue weighted by Gasteiger charge is 2.00. The van der Waals surface area contributed by atoms with Gasteiger partial charge in [0.2, 0.25) is 0 Å². The smallest absolute Gasteiger partial charge is 0.00574 e. The lowest BCUT2D eigenvalue weighted by molar-refractivity contribution is 1.06. The van der Waals surface area contributed by atoms with Crippen LogP contribution in [0.3, 0.4) is 0 Å². The molecule has 0 saturated heterocycles. The molecule has 0 N–H and O–H groups in total. The number of rotatable bonds is 6. The molecule has 0 aliphatic rings. The SMILES string of the molecule is SCCc1cc(CCS)cc(CCS)c1. The third kappa shape index (κ3) is 4.75. The maximum Gasteiger partial charge on any atom is -0.00574 e. The fraction of sp³-hybridized carbons (Fsp3) is 0.500. The zero-order valence-electron chi connectivity index (χ0n) is 8.82. The average Bonchev–Trinajstić information content (AvgIpc) is 2.19. The lowest BCUT2D eigenvalue weighted by Gasteiger charge is -2.07. The molecule has 1 aromatic rings. The lowest BCUT2D eigenvalue weighted by atomic mass is 10.0. The maximum atomic E-state index is 4.27. The van der Waals surface area contributed by atoms with Crippen LogP contribution < -0.4 is 0 Å². The first kappa shape index (κ1) is 13.3. The van der Waals surface area contributed by atoms with Crippen molar-refractivity contribution in [2.45, 2.75) is 19.3 Å². The molecule has 0 heterocycles. The summed E-state index contributed by atoms with van der Waals surface area (Å²) in [5.41, 5.74) is 4.17. The van der Waals surface area contributed by atoms with E-state index in [1.165, 1.54) is 16.7 Å². The van der Waals surface area contributed by atoms with Crippen molar-refractivity contribution in [1.29, 1.82) is 0 Å². The van der Waals surface area contributed by atoms with Gasteiger partial charge in [-0.15, -0.1) is 0 Å². The maximum absolute atomic E-state index is 4.27. The van der Waals surface area contributed by atoms with Crippen LogP contribution in [0.15, 0.2) is 18.2 Å². The van der Waals surface area contributed by atoms with Crippen molar-refractivity contribution in [3.63, 3.8) is 0 Å². The summed E-state index contributed by atoms with van der Waals surface area (Å²) in [6.45, 7) is 0. The summed E-state index contributed by atoms with van der Waals surface area (Å²) in [5.74, 6) is 2.72.